The number of likely N-dealkylation sites (tertiary alicyclic amines) is 1. The van der Waals surface area contributed by atoms with E-state index in [9.17, 15) is 17.6 Å². The van der Waals surface area contributed by atoms with E-state index in [0.29, 0.717) is 34.6 Å². The molecule has 0 spiro atoms. The van der Waals surface area contributed by atoms with Gasteiger partial charge in [-0.2, -0.15) is 18.2 Å². The number of halogens is 4. The first-order valence-corrected chi connectivity index (χ1v) is 12.2. The van der Waals surface area contributed by atoms with E-state index in [-0.39, 0.29) is 17.6 Å². The highest BCUT2D eigenvalue weighted by atomic mass is 32.1. The second-order valence-electron chi connectivity index (χ2n) is 8.52. The van der Waals surface area contributed by atoms with Gasteiger partial charge in [0.25, 0.3) is 0 Å². The van der Waals surface area contributed by atoms with Crippen molar-refractivity contribution in [2.24, 2.45) is 5.73 Å². The van der Waals surface area contributed by atoms with Crippen molar-refractivity contribution in [3.8, 4) is 22.6 Å². The Morgan fingerprint density at radius 3 is 2.65 bits per heavy atom. The molecular weight excluding hydrogens is 510 g/mol. The number of nitrogens with two attached hydrogens (primary N) is 1. The van der Waals surface area contributed by atoms with Crippen LogP contribution >= 0.6 is 11.3 Å². The van der Waals surface area contributed by atoms with Crippen LogP contribution in [0.15, 0.2) is 52.4 Å². The van der Waals surface area contributed by atoms with Crippen molar-refractivity contribution in [3.05, 3.63) is 65.1 Å². The molecule has 37 heavy (non-hydrogen) atoms. The molecule has 0 aliphatic carbocycles. The predicted molar refractivity (Wildman–Crippen MR) is 131 cm³/mol. The second kappa shape index (κ2) is 9.81. The fraction of sp³-hybridized carbons (Fsp3) is 0.250. The number of nitrogens with zero attached hydrogens (tertiary/aromatic N) is 4. The molecule has 0 saturated carbocycles. The van der Waals surface area contributed by atoms with Crippen molar-refractivity contribution >= 4 is 28.1 Å². The number of benzene rings is 2. The van der Waals surface area contributed by atoms with E-state index in [1.807, 2.05) is 4.90 Å². The van der Waals surface area contributed by atoms with Gasteiger partial charge in [-0.1, -0.05) is 5.16 Å². The molecule has 1 aliphatic heterocycles. The number of thiazole rings is 1. The minimum Gasteiger partial charge on any atom is -0.370 e. The number of nitrogens with one attached hydrogen (secondary N) is 2. The van der Waals surface area contributed by atoms with Gasteiger partial charge in [-0.05, 0) is 55.3 Å². The minimum atomic E-state index is -4.79. The predicted octanol–water partition coefficient (Wildman–Crippen LogP) is 5.66. The maximum atomic E-state index is 13.6. The lowest BCUT2D eigenvalue weighted by Gasteiger charge is -2.23. The normalized spacial score (nSPS) is 15.8. The van der Waals surface area contributed by atoms with E-state index < -0.39 is 17.6 Å². The molecule has 5 rings (SSSR count). The average molecular weight is 532 g/mol. The van der Waals surface area contributed by atoms with Gasteiger partial charge in [0.1, 0.15) is 5.82 Å². The van der Waals surface area contributed by atoms with Gasteiger partial charge in [0.2, 0.25) is 11.7 Å². The van der Waals surface area contributed by atoms with E-state index in [2.05, 4.69) is 20.4 Å². The van der Waals surface area contributed by atoms with Crippen molar-refractivity contribution in [2.45, 2.75) is 31.5 Å². The third kappa shape index (κ3) is 5.40. The molecule has 3 heterocycles. The first-order chi connectivity index (χ1) is 17.7. The Morgan fingerprint density at radius 2 is 1.92 bits per heavy atom. The molecule has 0 radical (unpaired) electrons. The fourth-order valence-corrected chi connectivity index (χ4v) is 4.95. The van der Waals surface area contributed by atoms with Gasteiger partial charge >= 0.3 is 6.18 Å². The number of aromatic nitrogens is 3. The van der Waals surface area contributed by atoms with Crippen molar-refractivity contribution < 1.29 is 22.1 Å². The third-order valence-corrected chi connectivity index (χ3v) is 6.79. The summed E-state index contributed by atoms with van der Waals surface area (Å²) in [6.07, 6.45) is -2.42. The summed E-state index contributed by atoms with van der Waals surface area (Å²) in [5, 5.41) is 16.9. The van der Waals surface area contributed by atoms with Gasteiger partial charge in [0.15, 0.2) is 11.1 Å². The summed E-state index contributed by atoms with van der Waals surface area (Å²) in [7, 11) is 0. The van der Waals surface area contributed by atoms with E-state index in [4.69, 9.17) is 15.7 Å². The molecular formula is C24H21F4N7OS. The maximum absolute atomic E-state index is 13.6. The Balaban J connectivity index is 1.25. The molecule has 192 valence electrons. The SMILES string of the molecule is N=C(N)N1CCC[C@H]1Cc1nc(-c2ccc(Nc3nc(-c4ccc(F)c(C(F)(F)F)c4)cs3)cc2)no1. The van der Waals surface area contributed by atoms with Crippen molar-refractivity contribution in [1.82, 2.24) is 20.0 Å². The molecule has 1 aliphatic rings. The van der Waals surface area contributed by atoms with E-state index in [1.165, 1.54) is 17.4 Å². The number of alkyl halides is 3. The molecule has 1 fully saturated rings. The van der Waals surface area contributed by atoms with Crippen LogP contribution in [0.1, 0.15) is 24.3 Å². The van der Waals surface area contributed by atoms with Crippen LogP contribution in [-0.4, -0.2) is 38.6 Å². The number of rotatable bonds is 6. The minimum absolute atomic E-state index is 0.0430. The van der Waals surface area contributed by atoms with E-state index >= 15 is 0 Å². The Kier molecular flexibility index (Phi) is 6.54. The zero-order chi connectivity index (χ0) is 26.2. The van der Waals surface area contributed by atoms with Gasteiger partial charge < -0.3 is 20.5 Å². The summed E-state index contributed by atoms with van der Waals surface area (Å²) in [6.45, 7) is 0.745. The summed E-state index contributed by atoms with van der Waals surface area (Å²) in [5.74, 6) is -0.376. The highest BCUT2D eigenvalue weighted by molar-refractivity contribution is 7.14. The Labute approximate surface area is 212 Å². The lowest BCUT2D eigenvalue weighted by molar-refractivity contribution is -0.139. The average Bonchev–Trinajstić information content (AvgIpc) is 3.61. The van der Waals surface area contributed by atoms with Crippen LogP contribution in [0.4, 0.5) is 28.4 Å². The van der Waals surface area contributed by atoms with Crippen LogP contribution in [-0.2, 0) is 12.6 Å². The molecule has 2 aromatic carbocycles. The molecule has 2 aromatic heterocycles. The third-order valence-electron chi connectivity index (χ3n) is 6.03. The summed E-state index contributed by atoms with van der Waals surface area (Å²) in [5.41, 5.74) is 6.23. The Hall–Kier alpha value is -4.00. The highest BCUT2D eigenvalue weighted by Gasteiger charge is 2.34. The van der Waals surface area contributed by atoms with Crippen LogP contribution in [0.25, 0.3) is 22.6 Å². The number of anilines is 2. The van der Waals surface area contributed by atoms with Crippen molar-refractivity contribution in [1.29, 1.82) is 5.41 Å². The van der Waals surface area contributed by atoms with E-state index in [1.54, 1.807) is 29.6 Å². The molecule has 0 unspecified atom stereocenters. The van der Waals surface area contributed by atoms with Gasteiger partial charge in [0.05, 0.1) is 11.3 Å². The molecule has 13 heteroatoms. The second-order valence-corrected chi connectivity index (χ2v) is 9.38. The zero-order valence-electron chi connectivity index (χ0n) is 19.2. The summed E-state index contributed by atoms with van der Waals surface area (Å²) in [4.78, 5) is 10.6. The molecule has 4 N–H and O–H groups in total. The molecule has 1 atom stereocenters. The van der Waals surface area contributed by atoms with Crippen LogP contribution in [0, 0.1) is 11.2 Å². The standard InChI is InChI=1S/C24H21F4N7OS/c25-18-8-5-14(10-17(18)24(26,27)28)19-12-37-23(32-19)31-15-6-3-13(4-7-15)21-33-20(36-34-21)11-16-2-1-9-35(16)22(29)30/h3-8,10,12,16H,1-2,9,11H2,(H3,29,30)(H,31,32)/t16-/m0/s1. The molecule has 0 bridgehead atoms. The fourth-order valence-electron chi connectivity index (χ4n) is 4.21. The van der Waals surface area contributed by atoms with Crippen LogP contribution in [0.2, 0.25) is 0 Å². The van der Waals surface area contributed by atoms with E-state index in [0.717, 1.165) is 37.1 Å². The van der Waals surface area contributed by atoms with Gasteiger partial charge in [-0.3, -0.25) is 5.41 Å². The molecule has 0 amide bonds. The monoisotopic (exact) mass is 531 g/mol. The molecule has 8 nitrogen and oxygen atoms in total. The number of hydrogen-bond donors (Lipinski definition) is 3. The summed E-state index contributed by atoms with van der Waals surface area (Å²) < 4.78 is 58.1. The van der Waals surface area contributed by atoms with Gasteiger partial charge in [-0.25, -0.2) is 9.37 Å². The summed E-state index contributed by atoms with van der Waals surface area (Å²) >= 11 is 1.21. The smallest absolute Gasteiger partial charge is 0.370 e. The van der Waals surface area contributed by atoms with Crippen LogP contribution in [0.5, 0.6) is 0 Å². The quantitative estimate of drug-likeness (QED) is 0.167. The largest absolute Gasteiger partial charge is 0.419 e. The number of hydrogen-bond acceptors (Lipinski definition) is 7. The lowest BCUT2D eigenvalue weighted by atomic mass is 10.1. The van der Waals surface area contributed by atoms with Gasteiger partial charge in [-0.15, -0.1) is 11.3 Å². The molecule has 1 saturated heterocycles. The van der Waals surface area contributed by atoms with Gasteiger partial charge in [0, 0.05) is 41.2 Å². The number of guanidine groups is 1. The first kappa shape index (κ1) is 24.7. The first-order valence-electron chi connectivity index (χ1n) is 11.3. The highest BCUT2D eigenvalue weighted by Crippen LogP contribution is 2.35. The van der Waals surface area contributed by atoms with Crippen LogP contribution < -0.4 is 11.1 Å². The summed E-state index contributed by atoms with van der Waals surface area (Å²) in [6, 6.07) is 10.1. The Bertz CT molecular complexity index is 1420. The van der Waals surface area contributed by atoms with Crippen molar-refractivity contribution in [3.63, 3.8) is 0 Å². The lowest BCUT2D eigenvalue weighted by Crippen LogP contribution is -2.41. The van der Waals surface area contributed by atoms with Crippen LogP contribution in [0.3, 0.4) is 0 Å². The molecule has 4 aromatic rings. The van der Waals surface area contributed by atoms with Crippen molar-refractivity contribution in [2.75, 3.05) is 11.9 Å². The zero-order valence-corrected chi connectivity index (χ0v) is 20.0. The maximum Gasteiger partial charge on any atom is 0.419 e. The topological polar surface area (TPSA) is 117 Å². The Morgan fingerprint density at radius 1 is 1.16 bits per heavy atom.